The van der Waals surface area contributed by atoms with E-state index in [0.29, 0.717) is 0 Å². The molecule has 0 bridgehead atoms. The molecule has 13 heteroatoms. The molecule has 0 radical (unpaired) electrons. The van der Waals surface area contributed by atoms with E-state index in [0.717, 1.165) is 0 Å². The zero-order valence-electron chi connectivity index (χ0n) is 5.41. The van der Waals surface area contributed by atoms with Crippen molar-refractivity contribution in [2.45, 2.75) is 0 Å². The molecule has 13 heavy (non-hydrogen) atoms. The van der Waals surface area contributed by atoms with E-state index in [-0.39, 0.29) is 19.5 Å². The smallest absolute Gasteiger partial charge is 0.772 e. The predicted molar refractivity (Wildman–Crippen MR) is 30.4 cm³/mol. The summed E-state index contributed by atoms with van der Waals surface area (Å²) < 4.78 is 33.4. The van der Waals surface area contributed by atoms with Gasteiger partial charge in [-0.15, -0.1) is 0 Å². The molecule has 0 aromatic heterocycles. The standard InChI is InChI=1S/4HO2P.Ru/c4*1-3-2;/h4*(H,1,2);/q;;;;+4/p-4. The zero-order chi connectivity index (χ0) is 10.8. The van der Waals surface area contributed by atoms with Gasteiger partial charge in [0.05, 0.1) is 34.7 Å². The minimum atomic E-state index is -1.08. The van der Waals surface area contributed by atoms with Gasteiger partial charge in [0.15, 0.2) is 0 Å². The number of rotatable bonds is 0. The van der Waals surface area contributed by atoms with Gasteiger partial charge in [0.2, 0.25) is 0 Å². The Morgan fingerprint density at radius 3 is 0.538 bits per heavy atom. The molecule has 0 saturated carbocycles. The molecule has 0 N–H and O–H groups in total. The molecule has 0 aromatic rings. The first-order valence-corrected chi connectivity index (χ1v) is 4.38. The zero-order valence-corrected chi connectivity index (χ0v) is 10.7. The van der Waals surface area contributed by atoms with Gasteiger partial charge in [-0.3, -0.25) is 18.3 Å². The second-order valence-electron chi connectivity index (χ2n) is 0.298. The summed E-state index contributed by atoms with van der Waals surface area (Å²) in [7, 11) is -4.33. The number of hydrogen-bond acceptors (Lipinski definition) is 8. The number of hydrogen-bond donors (Lipinski definition) is 0. The Kier molecular flexibility index (Phi) is 172. The van der Waals surface area contributed by atoms with Gasteiger partial charge in [-0.25, -0.2) is 0 Å². The van der Waals surface area contributed by atoms with E-state index in [1.54, 1.807) is 0 Å². The van der Waals surface area contributed by atoms with Crippen LogP contribution in [0.25, 0.3) is 0 Å². The van der Waals surface area contributed by atoms with Crippen LogP contribution in [0, 0.1) is 0 Å². The second-order valence-corrected chi connectivity index (χ2v) is 0.894. The summed E-state index contributed by atoms with van der Waals surface area (Å²) >= 11 is 0. The summed E-state index contributed by atoms with van der Waals surface area (Å²) in [5.41, 5.74) is 0. The Morgan fingerprint density at radius 2 is 0.538 bits per heavy atom. The van der Waals surface area contributed by atoms with Gasteiger partial charge < -0.3 is 19.6 Å². The quantitative estimate of drug-likeness (QED) is 0.364. The van der Waals surface area contributed by atoms with Crippen molar-refractivity contribution in [3.8, 4) is 0 Å². The van der Waals surface area contributed by atoms with E-state index in [2.05, 4.69) is 0 Å². The van der Waals surface area contributed by atoms with Gasteiger partial charge in [-0.1, -0.05) is 0 Å². The minimum absolute atomic E-state index is 0. The molecular weight excluding hydrogens is 353 g/mol. The van der Waals surface area contributed by atoms with Crippen LogP contribution in [0.15, 0.2) is 0 Å². The van der Waals surface area contributed by atoms with Gasteiger partial charge >= 0.3 is 19.5 Å². The third kappa shape index (κ3) is 2040. The fourth-order valence-electron chi connectivity index (χ4n) is 0. The summed E-state index contributed by atoms with van der Waals surface area (Å²) in [4.78, 5) is 33.4. The van der Waals surface area contributed by atoms with Gasteiger partial charge in [-0.2, -0.15) is 0 Å². The monoisotopic (exact) mass is 354 g/mol. The molecule has 0 aliphatic carbocycles. The van der Waals surface area contributed by atoms with Crippen LogP contribution >= 0.6 is 34.7 Å². The van der Waals surface area contributed by atoms with E-state index < -0.39 is 34.7 Å². The van der Waals surface area contributed by atoms with Crippen molar-refractivity contribution in [1.82, 2.24) is 0 Å². The van der Waals surface area contributed by atoms with Crippen LogP contribution in [0.3, 0.4) is 0 Å². The van der Waals surface area contributed by atoms with Crippen LogP contribution in [0.4, 0.5) is 0 Å². The summed E-state index contributed by atoms with van der Waals surface area (Å²) in [6, 6.07) is 0. The molecule has 0 amide bonds. The first-order chi connectivity index (χ1) is 5.66. The van der Waals surface area contributed by atoms with Crippen molar-refractivity contribution >= 4 is 34.7 Å². The van der Waals surface area contributed by atoms with Crippen molar-refractivity contribution in [2.75, 3.05) is 0 Å². The molecule has 76 valence electrons. The van der Waals surface area contributed by atoms with Crippen molar-refractivity contribution in [2.24, 2.45) is 0 Å². The Labute approximate surface area is 92.3 Å². The summed E-state index contributed by atoms with van der Waals surface area (Å²) in [6.07, 6.45) is 0. The van der Waals surface area contributed by atoms with E-state index in [4.69, 9.17) is 37.8 Å². The molecule has 0 unspecified atom stereocenters. The summed E-state index contributed by atoms with van der Waals surface area (Å²) in [5.74, 6) is 0. The van der Waals surface area contributed by atoms with Crippen molar-refractivity contribution in [1.29, 1.82) is 0 Å². The summed E-state index contributed by atoms with van der Waals surface area (Å²) in [6.45, 7) is 0. The Morgan fingerprint density at radius 1 is 0.538 bits per heavy atom. The maximum Gasteiger partial charge on any atom is 4.00 e. The first kappa shape index (κ1) is 29.2. The average molecular weight is 353 g/mol. The Hall–Kier alpha value is 0.863. The first-order valence-electron chi connectivity index (χ1n) is 1.46. The SMILES string of the molecule is O=P[O-].O=P[O-].O=P[O-].O=P[O-].[Ru+4]. The topological polar surface area (TPSA) is 161 Å². The van der Waals surface area contributed by atoms with Crippen molar-refractivity contribution < 1.29 is 57.3 Å². The fourth-order valence-corrected chi connectivity index (χ4v) is 0. The van der Waals surface area contributed by atoms with Crippen LogP contribution in [0.2, 0.25) is 0 Å². The van der Waals surface area contributed by atoms with E-state index in [1.807, 2.05) is 0 Å². The Balaban J connectivity index is -0.0000000213. The van der Waals surface area contributed by atoms with Crippen LogP contribution < -0.4 is 19.6 Å². The maximum atomic E-state index is 8.35. The molecule has 0 aromatic carbocycles. The molecule has 0 rings (SSSR count). The maximum absolute atomic E-state index is 8.35. The summed E-state index contributed by atoms with van der Waals surface area (Å²) in [5, 5.41) is 0. The molecule has 0 spiro atoms. The van der Waals surface area contributed by atoms with Crippen molar-refractivity contribution in [3.63, 3.8) is 0 Å². The van der Waals surface area contributed by atoms with E-state index in [1.165, 1.54) is 0 Å². The van der Waals surface area contributed by atoms with Gasteiger partial charge in [0, 0.05) is 0 Å². The average Bonchev–Trinajstić information content (AvgIpc) is 1.92. The molecule has 0 fully saturated rings. The largest absolute Gasteiger partial charge is 4.00 e. The third-order valence-electron chi connectivity index (χ3n) is 0. The van der Waals surface area contributed by atoms with Crippen LogP contribution in [0.5, 0.6) is 0 Å². The van der Waals surface area contributed by atoms with Crippen LogP contribution in [-0.4, -0.2) is 0 Å². The molecule has 0 atom stereocenters. The van der Waals surface area contributed by atoms with E-state index >= 15 is 0 Å². The molecule has 0 aliphatic heterocycles. The van der Waals surface area contributed by atoms with Gasteiger partial charge in [0.25, 0.3) is 0 Å². The van der Waals surface area contributed by atoms with Crippen LogP contribution in [-0.2, 0) is 37.7 Å². The second kappa shape index (κ2) is 76.5. The van der Waals surface area contributed by atoms with Crippen LogP contribution in [0.1, 0.15) is 0 Å². The molecule has 8 nitrogen and oxygen atoms in total. The van der Waals surface area contributed by atoms with Gasteiger partial charge in [0.1, 0.15) is 0 Å². The molecule has 0 aliphatic rings. The molecule has 0 heterocycles. The van der Waals surface area contributed by atoms with E-state index in [9.17, 15) is 0 Å². The third-order valence-corrected chi connectivity index (χ3v) is 0. The normalized spacial score (nSPS) is 6.46. The minimum Gasteiger partial charge on any atom is -0.772 e. The Bertz CT molecular complexity index is 70.1. The van der Waals surface area contributed by atoms with Crippen molar-refractivity contribution in [3.05, 3.63) is 0 Å². The fraction of sp³-hybridized carbons (Fsp3) is 0. The molecule has 0 saturated heterocycles. The van der Waals surface area contributed by atoms with Gasteiger partial charge in [-0.05, 0) is 0 Å². The predicted octanol–water partition coefficient (Wildman–Crippen LogP) is -1.79. The molecular formula is O8P4Ru.